The van der Waals surface area contributed by atoms with Gasteiger partial charge in [0, 0.05) is 36.7 Å². The van der Waals surface area contributed by atoms with Gasteiger partial charge in [0.25, 0.3) is 0 Å². The second kappa shape index (κ2) is 6.11. The Labute approximate surface area is 146 Å². The number of nitrogens with one attached hydrogen (secondary N) is 1. The summed E-state index contributed by atoms with van der Waals surface area (Å²) in [5, 5.41) is 3.93. The van der Waals surface area contributed by atoms with Crippen molar-refractivity contribution in [3.63, 3.8) is 0 Å². The quantitative estimate of drug-likeness (QED) is 0.868. The summed E-state index contributed by atoms with van der Waals surface area (Å²) >= 11 is 6.31. The van der Waals surface area contributed by atoms with E-state index in [1.165, 1.54) is 0 Å². The van der Waals surface area contributed by atoms with Crippen molar-refractivity contribution in [1.82, 2.24) is 15.3 Å². The molecule has 1 atom stereocenters. The van der Waals surface area contributed by atoms with Crippen LogP contribution in [0.25, 0.3) is 11.3 Å². The van der Waals surface area contributed by atoms with Gasteiger partial charge in [0.15, 0.2) is 0 Å². The van der Waals surface area contributed by atoms with Gasteiger partial charge in [-0.1, -0.05) is 17.7 Å². The van der Waals surface area contributed by atoms with Crippen molar-refractivity contribution < 1.29 is 4.74 Å². The molecule has 1 aromatic heterocycles. The summed E-state index contributed by atoms with van der Waals surface area (Å²) in [5.41, 5.74) is 8.83. The lowest BCUT2D eigenvalue weighted by Crippen LogP contribution is -2.30. The average molecular weight is 346 g/mol. The van der Waals surface area contributed by atoms with Gasteiger partial charge < -0.3 is 20.7 Å². The summed E-state index contributed by atoms with van der Waals surface area (Å²) in [7, 11) is 2.00. The second-order valence-electron chi connectivity index (χ2n) is 6.17. The van der Waals surface area contributed by atoms with Crippen molar-refractivity contribution >= 4 is 23.4 Å². The number of nitrogens with two attached hydrogens (primary N) is 1. The van der Waals surface area contributed by atoms with Crippen molar-refractivity contribution in [2.45, 2.75) is 18.9 Å². The van der Waals surface area contributed by atoms with Crippen molar-refractivity contribution in [1.29, 1.82) is 0 Å². The number of hydrogen-bond acceptors (Lipinski definition) is 6. The van der Waals surface area contributed by atoms with Crippen LogP contribution in [-0.4, -0.2) is 42.8 Å². The van der Waals surface area contributed by atoms with E-state index in [0.717, 1.165) is 48.6 Å². The predicted molar refractivity (Wildman–Crippen MR) is 95.8 cm³/mol. The lowest BCUT2D eigenvalue weighted by atomic mass is 10.0. The molecule has 0 aliphatic carbocycles. The zero-order valence-electron chi connectivity index (χ0n) is 13.6. The van der Waals surface area contributed by atoms with Gasteiger partial charge in [-0.05, 0) is 25.6 Å². The number of para-hydroxylation sites is 1. The van der Waals surface area contributed by atoms with Gasteiger partial charge in [0.1, 0.15) is 11.6 Å². The average Bonchev–Trinajstić information content (AvgIpc) is 2.98. The maximum Gasteiger partial charge on any atom is 0.222 e. The maximum atomic E-state index is 6.31. The van der Waals surface area contributed by atoms with E-state index in [1.807, 2.05) is 25.2 Å². The SMILES string of the molecule is CN[C@@H]1CCN(c2nc(N)nc3c2CCOc2c(Cl)cccc2-3)C1. The van der Waals surface area contributed by atoms with E-state index in [0.29, 0.717) is 23.4 Å². The van der Waals surface area contributed by atoms with Gasteiger partial charge in [-0.2, -0.15) is 4.98 Å². The molecule has 1 fully saturated rings. The zero-order chi connectivity index (χ0) is 16.7. The van der Waals surface area contributed by atoms with Crippen molar-refractivity contribution in [2.24, 2.45) is 0 Å². The number of aromatic nitrogens is 2. The van der Waals surface area contributed by atoms with Crippen molar-refractivity contribution in [3.8, 4) is 17.0 Å². The Morgan fingerprint density at radius 3 is 3.04 bits per heavy atom. The number of benzene rings is 1. The highest BCUT2D eigenvalue weighted by atomic mass is 35.5. The van der Waals surface area contributed by atoms with E-state index in [9.17, 15) is 0 Å². The Kier molecular flexibility index (Phi) is 3.94. The molecule has 24 heavy (non-hydrogen) atoms. The Morgan fingerprint density at radius 1 is 1.38 bits per heavy atom. The van der Waals surface area contributed by atoms with E-state index in [4.69, 9.17) is 22.1 Å². The fourth-order valence-corrected chi connectivity index (χ4v) is 3.72. The van der Waals surface area contributed by atoms with Crippen LogP contribution in [0.15, 0.2) is 18.2 Å². The molecule has 2 aliphatic rings. The number of hydrogen-bond donors (Lipinski definition) is 2. The van der Waals surface area contributed by atoms with E-state index >= 15 is 0 Å². The molecule has 0 spiro atoms. The largest absolute Gasteiger partial charge is 0.491 e. The molecule has 4 rings (SSSR count). The van der Waals surface area contributed by atoms with Crippen molar-refractivity contribution in [2.75, 3.05) is 37.4 Å². The number of nitrogen functional groups attached to an aromatic ring is 1. The van der Waals surface area contributed by atoms with E-state index in [-0.39, 0.29) is 5.95 Å². The highest BCUT2D eigenvalue weighted by molar-refractivity contribution is 6.32. The number of ether oxygens (including phenoxy) is 1. The standard InChI is InChI=1S/C17H20ClN5O/c1-20-10-5-7-23(9-10)16-12-6-8-24-15-11(3-2-4-13(15)18)14(12)21-17(19)22-16/h2-4,10,20H,5-9H2,1H3,(H2,19,21,22)/t10-/m1/s1. The summed E-state index contributed by atoms with van der Waals surface area (Å²) in [5.74, 6) is 1.88. The fourth-order valence-electron chi connectivity index (χ4n) is 3.49. The van der Waals surface area contributed by atoms with E-state index in [1.54, 1.807) is 0 Å². The molecule has 0 bridgehead atoms. The molecule has 0 unspecified atom stereocenters. The first-order valence-electron chi connectivity index (χ1n) is 8.17. The van der Waals surface area contributed by atoms with Crippen molar-refractivity contribution in [3.05, 3.63) is 28.8 Å². The summed E-state index contributed by atoms with van der Waals surface area (Å²) in [4.78, 5) is 11.3. The summed E-state index contributed by atoms with van der Waals surface area (Å²) in [6.07, 6.45) is 1.82. The van der Waals surface area contributed by atoms with Crippen LogP contribution in [0.4, 0.5) is 11.8 Å². The number of likely N-dealkylation sites (N-methyl/N-ethyl adjacent to an activating group) is 1. The monoisotopic (exact) mass is 345 g/mol. The first-order chi connectivity index (χ1) is 11.7. The first-order valence-corrected chi connectivity index (χ1v) is 8.55. The maximum absolute atomic E-state index is 6.31. The van der Waals surface area contributed by atoms with Gasteiger partial charge in [-0.3, -0.25) is 0 Å². The summed E-state index contributed by atoms with van der Waals surface area (Å²) in [6.45, 7) is 2.42. The molecule has 3 N–H and O–H groups in total. The Bertz CT molecular complexity index is 782. The molecule has 6 nitrogen and oxygen atoms in total. The molecular weight excluding hydrogens is 326 g/mol. The minimum Gasteiger partial charge on any atom is -0.491 e. The third-order valence-corrected chi connectivity index (χ3v) is 5.02. The Morgan fingerprint density at radius 2 is 2.25 bits per heavy atom. The smallest absolute Gasteiger partial charge is 0.222 e. The normalized spacial score (nSPS) is 19.4. The van der Waals surface area contributed by atoms with Crippen LogP contribution in [0.3, 0.4) is 0 Å². The van der Waals surface area contributed by atoms with Gasteiger partial charge in [0.05, 0.1) is 17.3 Å². The van der Waals surface area contributed by atoms with Crippen LogP contribution in [0.5, 0.6) is 5.75 Å². The van der Waals surface area contributed by atoms with Gasteiger partial charge >= 0.3 is 0 Å². The Balaban J connectivity index is 1.85. The molecule has 0 amide bonds. The van der Waals surface area contributed by atoms with Crippen LogP contribution in [0.2, 0.25) is 5.02 Å². The molecule has 7 heteroatoms. The Hall–Kier alpha value is -2.05. The second-order valence-corrected chi connectivity index (χ2v) is 6.58. The number of halogens is 1. The van der Waals surface area contributed by atoms with Crippen LogP contribution in [-0.2, 0) is 6.42 Å². The molecule has 1 aromatic carbocycles. The molecule has 2 aromatic rings. The lowest BCUT2D eigenvalue weighted by Gasteiger charge is -2.22. The zero-order valence-corrected chi connectivity index (χ0v) is 14.3. The summed E-state index contributed by atoms with van der Waals surface area (Å²) in [6, 6.07) is 6.18. The molecule has 3 heterocycles. The van der Waals surface area contributed by atoms with Crippen LogP contribution in [0.1, 0.15) is 12.0 Å². The minimum atomic E-state index is 0.282. The molecule has 0 saturated carbocycles. The molecule has 126 valence electrons. The molecule has 2 aliphatic heterocycles. The number of rotatable bonds is 2. The predicted octanol–water partition coefficient (Wildman–Crippen LogP) is 2.11. The number of nitrogens with zero attached hydrogens (tertiary/aromatic N) is 3. The van der Waals surface area contributed by atoms with Crippen LogP contribution in [0, 0.1) is 0 Å². The molecule has 0 radical (unpaired) electrons. The van der Waals surface area contributed by atoms with E-state index < -0.39 is 0 Å². The molecular formula is C17H20ClN5O. The lowest BCUT2D eigenvalue weighted by molar-refractivity contribution is 0.326. The highest BCUT2D eigenvalue weighted by Gasteiger charge is 2.29. The number of fused-ring (bicyclic) bond motifs is 3. The van der Waals surface area contributed by atoms with Gasteiger partial charge in [-0.15, -0.1) is 0 Å². The molecule has 1 saturated heterocycles. The minimum absolute atomic E-state index is 0.282. The van der Waals surface area contributed by atoms with Crippen LogP contribution < -0.4 is 20.7 Å². The van der Waals surface area contributed by atoms with Gasteiger partial charge in [-0.25, -0.2) is 4.98 Å². The van der Waals surface area contributed by atoms with E-state index in [2.05, 4.69) is 20.2 Å². The van der Waals surface area contributed by atoms with Crippen LogP contribution >= 0.6 is 11.6 Å². The highest BCUT2D eigenvalue weighted by Crippen LogP contribution is 2.41. The number of anilines is 2. The third kappa shape index (κ3) is 2.56. The topological polar surface area (TPSA) is 76.3 Å². The fraction of sp³-hybridized carbons (Fsp3) is 0.412. The van der Waals surface area contributed by atoms with Gasteiger partial charge in [0.2, 0.25) is 5.95 Å². The summed E-state index contributed by atoms with van der Waals surface area (Å²) < 4.78 is 5.89. The third-order valence-electron chi connectivity index (χ3n) is 4.72. The first kappa shape index (κ1) is 15.5.